The van der Waals surface area contributed by atoms with Crippen LogP contribution in [-0.2, 0) is 17.8 Å². The minimum Gasteiger partial charge on any atom is -0.378 e. The first-order chi connectivity index (χ1) is 16.3. The van der Waals surface area contributed by atoms with Crippen LogP contribution in [0.2, 0.25) is 0 Å². The number of imidazole rings is 1. The molecular formula is C27H36IN5O. The number of guanidine groups is 1. The molecule has 1 aromatic heterocycles. The summed E-state index contributed by atoms with van der Waals surface area (Å²) in [6.45, 7) is 9.31. The molecule has 1 aliphatic rings. The Hall–Kier alpha value is -2.39. The highest BCUT2D eigenvalue weighted by Crippen LogP contribution is 2.25. The Bertz CT molecular complexity index is 1010. The number of halogens is 1. The van der Waals surface area contributed by atoms with Crippen LogP contribution in [0.5, 0.6) is 0 Å². The largest absolute Gasteiger partial charge is 0.378 e. The molecule has 0 radical (unpaired) electrons. The van der Waals surface area contributed by atoms with Crippen LogP contribution in [0.25, 0.3) is 11.1 Å². The van der Waals surface area contributed by atoms with Crippen molar-refractivity contribution >= 4 is 29.9 Å². The molecule has 6 nitrogen and oxygen atoms in total. The van der Waals surface area contributed by atoms with Crippen molar-refractivity contribution in [2.45, 2.75) is 45.9 Å². The smallest absolute Gasteiger partial charge is 0.194 e. The van der Waals surface area contributed by atoms with E-state index in [9.17, 15) is 0 Å². The first-order valence-corrected chi connectivity index (χ1v) is 12.0. The van der Waals surface area contributed by atoms with E-state index in [1.54, 1.807) is 0 Å². The van der Waals surface area contributed by atoms with Gasteiger partial charge < -0.3 is 19.5 Å². The molecule has 0 amide bonds. The lowest BCUT2D eigenvalue weighted by Gasteiger charge is -2.34. The number of rotatable bonds is 8. The van der Waals surface area contributed by atoms with Gasteiger partial charge in [-0.3, -0.25) is 0 Å². The zero-order valence-corrected chi connectivity index (χ0v) is 22.5. The van der Waals surface area contributed by atoms with Crippen molar-refractivity contribution in [3.05, 3.63) is 78.4 Å². The fraction of sp³-hybridized carbons (Fsp3) is 0.407. The first kappa shape index (κ1) is 26.2. The van der Waals surface area contributed by atoms with Crippen molar-refractivity contribution in [2.24, 2.45) is 4.99 Å². The molecule has 7 heteroatoms. The van der Waals surface area contributed by atoms with Crippen LogP contribution in [0.1, 0.15) is 37.8 Å². The lowest BCUT2D eigenvalue weighted by Crippen LogP contribution is -2.47. The van der Waals surface area contributed by atoms with Gasteiger partial charge in [0.05, 0.1) is 19.0 Å². The normalized spacial score (nSPS) is 14.6. The summed E-state index contributed by atoms with van der Waals surface area (Å²) in [6, 6.07) is 17.4. The Balaban J connectivity index is 0.00000324. The molecule has 2 aromatic carbocycles. The van der Waals surface area contributed by atoms with Crippen molar-refractivity contribution in [3.8, 4) is 11.1 Å². The Labute approximate surface area is 220 Å². The number of ether oxygens (including phenoxy) is 1. The zero-order valence-electron chi connectivity index (χ0n) is 20.2. The third kappa shape index (κ3) is 7.06. The van der Waals surface area contributed by atoms with Crippen molar-refractivity contribution in [1.82, 2.24) is 19.8 Å². The van der Waals surface area contributed by atoms with Crippen molar-refractivity contribution < 1.29 is 4.74 Å². The maximum Gasteiger partial charge on any atom is 0.194 e. The van der Waals surface area contributed by atoms with E-state index in [-0.39, 0.29) is 24.0 Å². The van der Waals surface area contributed by atoms with Crippen LogP contribution in [-0.4, -0.2) is 52.8 Å². The molecule has 1 N–H and O–H groups in total. The van der Waals surface area contributed by atoms with E-state index in [0.29, 0.717) is 12.6 Å². The average Bonchev–Trinajstić information content (AvgIpc) is 3.36. The Morgan fingerprint density at radius 1 is 1.09 bits per heavy atom. The number of hydrogen-bond donors (Lipinski definition) is 1. The zero-order chi connectivity index (χ0) is 22.9. The molecule has 0 spiro atoms. The molecule has 0 aliphatic carbocycles. The highest BCUT2D eigenvalue weighted by Gasteiger charge is 2.21. The molecule has 0 bridgehead atoms. The minimum absolute atomic E-state index is 0. The topological polar surface area (TPSA) is 54.7 Å². The molecule has 0 saturated carbocycles. The van der Waals surface area contributed by atoms with E-state index in [1.165, 1.54) is 22.3 Å². The van der Waals surface area contributed by atoms with Crippen LogP contribution >= 0.6 is 24.0 Å². The van der Waals surface area contributed by atoms with Gasteiger partial charge in [-0.2, -0.15) is 0 Å². The second-order valence-electron chi connectivity index (χ2n) is 8.40. The van der Waals surface area contributed by atoms with Gasteiger partial charge >= 0.3 is 0 Å². The maximum atomic E-state index is 5.81. The van der Waals surface area contributed by atoms with Gasteiger partial charge in [0, 0.05) is 45.2 Å². The molecular weight excluding hydrogens is 537 g/mol. The van der Waals surface area contributed by atoms with Crippen LogP contribution < -0.4 is 5.32 Å². The molecule has 2 heterocycles. The van der Waals surface area contributed by atoms with E-state index in [2.05, 4.69) is 82.1 Å². The van der Waals surface area contributed by atoms with Gasteiger partial charge in [0.2, 0.25) is 0 Å². The van der Waals surface area contributed by atoms with Crippen molar-refractivity contribution in [2.75, 3.05) is 26.2 Å². The summed E-state index contributed by atoms with van der Waals surface area (Å²) in [5.41, 5.74) is 4.95. The molecule has 1 fully saturated rings. The number of aromatic nitrogens is 2. The fourth-order valence-corrected chi connectivity index (χ4v) is 4.38. The number of piperidine rings is 1. The van der Waals surface area contributed by atoms with E-state index in [1.807, 2.05) is 18.7 Å². The third-order valence-electron chi connectivity index (χ3n) is 6.08. The highest BCUT2D eigenvalue weighted by atomic mass is 127. The Morgan fingerprint density at radius 2 is 1.85 bits per heavy atom. The second-order valence-corrected chi connectivity index (χ2v) is 8.40. The van der Waals surface area contributed by atoms with Gasteiger partial charge in [0.1, 0.15) is 0 Å². The molecule has 0 unspecified atom stereocenters. The Kier molecular flexibility index (Phi) is 10.4. The number of likely N-dealkylation sites (tertiary alicyclic amines) is 1. The summed E-state index contributed by atoms with van der Waals surface area (Å²) in [7, 11) is 0. The molecule has 1 saturated heterocycles. The quantitative estimate of drug-likeness (QED) is 0.229. The molecule has 0 atom stereocenters. The number of aliphatic imine (C=N–C) groups is 1. The van der Waals surface area contributed by atoms with Crippen LogP contribution in [0.4, 0.5) is 0 Å². The number of nitrogens with zero attached hydrogens (tertiary/aromatic N) is 4. The van der Waals surface area contributed by atoms with Gasteiger partial charge in [-0.05, 0) is 48.9 Å². The van der Waals surface area contributed by atoms with E-state index >= 15 is 0 Å². The standard InChI is InChI=1S/C27H35N5O.HI/c1-3-29-27(32-16-13-25(14-17-32)33-4-2)30-19-24-7-5-6-8-26(24)23-11-9-22(10-12-23)20-31-18-15-28-21-31;/h5-12,15,18,21,25H,3-4,13-14,16-17,19-20H2,1-2H3,(H,29,30);1H. The number of hydrogen-bond acceptors (Lipinski definition) is 3. The average molecular weight is 574 g/mol. The SMILES string of the molecule is CCNC(=NCc1ccccc1-c1ccc(Cn2ccnc2)cc1)N1CCC(OCC)CC1.I. The third-order valence-corrected chi connectivity index (χ3v) is 6.08. The first-order valence-electron chi connectivity index (χ1n) is 12.0. The van der Waals surface area contributed by atoms with Gasteiger partial charge in [-0.1, -0.05) is 48.5 Å². The Morgan fingerprint density at radius 3 is 2.53 bits per heavy atom. The van der Waals surface area contributed by atoms with Gasteiger partial charge in [0.25, 0.3) is 0 Å². The van der Waals surface area contributed by atoms with Crippen LogP contribution in [0.15, 0.2) is 72.2 Å². The highest BCUT2D eigenvalue weighted by molar-refractivity contribution is 14.0. The monoisotopic (exact) mass is 573 g/mol. The van der Waals surface area contributed by atoms with Crippen LogP contribution in [0, 0.1) is 0 Å². The fourth-order valence-electron chi connectivity index (χ4n) is 4.38. The summed E-state index contributed by atoms with van der Waals surface area (Å²) < 4.78 is 7.89. The lowest BCUT2D eigenvalue weighted by molar-refractivity contribution is 0.0263. The number of nitrogens with one attached hydrogen (secondary N) is 1. The second kappa shape index (κ2) is 13.5. The van der Waals surface area contributed by atoms with Gasteiger partial charge in [-0.25, -0.2) is 9.98 Å². The van der Waals surface area contributed by atoms with Crippen molar-refractivity contribution in [1.29, 1.82) is 0 Å². The summed E-state index contributed by atoms with van der Waals surface area (Å²) in [5.74, 6) is 0.998. The molecule has 34 heavy (non-hydrogen) atoms. The maximum absolute atomic E-state index is 5.81. The van der Waals surface area contributed by atoms with Crippen molar-refractivity contribution in [3.63, 3.8) is 0 Å². The minimum atomic E-state index is 0. The predicted molar refractivity (Wildman–Crippen MR) is 150 cm³/mol. The predicted octanol–water partition coefficient (Wildman–Crippen LogP) is 5.18. The summed E-state index contributed by atoms with van der Waals surface area (Å²) >= 11 is 0. The van der Waals surface area contributed by atoms with E-state index in [0.717, 1.165) is 51.6 Å². The molecule has 3 aromatic rings. The summed E-state index contributed by atoms with van der Waals surface area (Å²) in [5, 5.41) is 3.48. The van der Waals surface area contributed by atoms with Gasteiger partial charge in [-0.15, -0.1) is 24.0 Å². The summed E-state index contributed by atoms with van der Waals surface area (Å²) in [6.07, 6.45) is 8.14. The molecule has 4 rings (SSSR count). The molecule has 1 aliphatic heterocycles. The van der Waals surface area contributed by atoms with E-state index < -0.39 is 0 Å². The van der Waals surface area contributed by atoms with E-state index in [4.69, 9.17) is 9.73 Å². The number of benzene rings is 2. The molecule has 182 valence electrons. The van der Waals surface area contributed by atoms with Gasteiger partial charge in [0.15, 0.2) is 5.96 Å². The summed E-state index contributed by atoms with van der Waals surface area (Å²) in [4.78, 5) is 11.5. The van der Waals surface area contributed by atoms with Crippen LogP contribution in [0.3, 0.4) is 0 Å². The lowest BCUT2D eigenvalue weighted by atomic mass is 9.98.